The maximum atomic E-state index is 12.9. The number of unbranched alkanes of at least 4 members (excludes halogenated alkanes) is 25. The van der Waals surface area contributed by atoms with Crippen LogP contribution >= 0.6 is 0 Å². The summed E-state index contributed by atoms with van der Waals surface area (Å²) in [4.78, 5) is 24.7. The van der Waals surface area contributed by atoms with E-state index in [-0.39, 0.29) is 5.78 Å². The Bertz CT molecular complexity index is 707. The number of hydrogen-bond acceptors (Lipinski definition) is 2. The summed E-state index contributed by atoms with van der Waals surface area (Å²) in [6.07, 6.45) is 37.4. The zero-order valence-electron chi connectivity index (χ0n) is 26.8. The van der Waals surface area contributed by atoms with Gasteiger partial charge >= 0.3 is 188 Å². The molecule has 0 fully saturated rings. The molecule has 1 atom stereocenters. The molecule has 0 aromatic heterocycles. The third kappa shape index (κ3) is 21.4. The Kier molecular flexibility index (Phi) is 25.9. The molecule has 1 aliphatic rings. The molecule has 0 aliphatic carbocycles. The van der Waals surface area contributed by atoms with Gasteiger partial charge in [-0.2, -0.15) is 0 Å². The summed E-state index contributed by atoms with van der Waals surface area (Å²) in [5, 5.41) is 9.68. The van der Waals surface area contributed by atoms with Crippen molar-refractivity contribution >= 4 is 39.0 Å². The molecule has 1 unspecified atom stereocenters. The Balaban J connectivity index is 1.95. The zero-order chi connectivity index (χ0) is 29.1. The van der Waals surface area contributed by atoms with Crippen LogP contribution in [-0.2, 0) is 9.59 Å². The third-order valence-corrected chi connectivity index (χ3v) is 12.6. The Morgan fingerprint density at radius 2 is 0.850 bits per heavy atom. The van der Waals surface area contributed by atoms with Crippen LogP contribution in [-0.4, -0.2) is 44.1 Å². The molecule has 0 saturated carbocycles. The predicted octanol–water partition coefficient (Wildman–Crippen LogP) is 10.7. The van der Waals surface area contributed by atoms with Crippen LogP contribution in [0.3, 0.4) is 0 Å². The summed E-state index contributed by atoms with van der Waals surface area (Å²) >= 11 is -0.815. The van der Waals surface area contributed by atoms with Crippen LogP contribution in [0.15, 0.2) is 0 Å². The number of carboxylic acids is 1. The summed E-state index contributed by atoms with van der Waals surface area (Å²) in [5.74, 6) is -1.66. The average Bonchev–Trinajstić information content (AvgIpc) is 3.72. The van der Waals surface area contributed by atoms with E-state index >= 15 is 0 Å². The van der Waals surface area contributed by atoms with E-state index in [1.54, 1.807) is 0 Å². The molecule has 0 saturated heterocycles. The molecule has 0 radical (unpaired) electrons. The molecular formula is C36H66O3Sn. The van der Waals surface area contributed by atoms with Gasteiger partial charge in [0.15, 0.2) is 0 Å². The van der Waals surface area contributed by atoms with Gasteiger partial charge in [-0.15, -0.1) is 0 Å². The Hall–Kier alpha value is -0.321. The Morgan fingerprint density at radius 3 is 1.20 bits per heavy atom. The van der Waals surface area contributed by atoms with Crippen molar-refractivity contribution in [3.63, 3.8) is 0 Å². The first-order valence-electron chi connectivity index (χ1n) is 17.9. The first-order valence-corrected chi connectivity index (χ1v) is 20.7. The quantitative estimate of drug-likeness (QED) is 0.0442. The predicted molar refractivity (Wildman–Crippen MR) is 177 cm³/mol. The fraction of sp³-hybridized carbons (Fsp3) is 0.889. The van der Waals surface area contributed by atoms with Crippen LogP contribution in [0.2, 0.25) is 0 Å². The number of carboxylic acid groups (broad SMARTS) is 1. The molecule has 4 heteroatoms. The summed E-state index contributed by atoms with van der Waals surface area (Å²) in [7, 11) is 0. The van der Waals surface area contributed by atoms with E-state index in [0.717, 1.165) is 22.8 Å². The Morgan fingerprint density at radius 1 is 0.525 bits per heavy atom. The minimum Gasteiger partial charge on any atom is -0.0654 e. The maximum absolute atomic E-state index is 12.9. The number of rotatable bonds is 32. The van der Waals surface area contributed by atoms with Crippen LogP contribution in [0.25, 0.3) is 0 Å². The molecule has 0 aromatic carbocycles. The summed E-state index contributed by atoms with van der Waals surface area (Å²) in [5.41, 5.74) is 0. The molecule has 3 nitrogen and oxygen atoms in total. The zero-order valence-corrected chi connectivity index (χ0v) is 29.7. The van der Waals surface area contributed by atoms with E-state index in [1.807, 2.05) is 0 Å². The van der Waals surface area contributed by atoms with Crippen LogP contribution in [0, 0.1) is 5.92 Å². The van der Waals surface area contributed by atoms with Crippen molar-refractivity contribution in [3.05, 3.63) is 0 Å². The minimum atomic E-state index is -0.890. The molecule has 0 aromatic rings. The fourth-order valence-electron chi connectivity index (χ4n) is 5.92. The van der Waals surface area contributed by atoms with Crippen LogP contribution in [0.4, 0.5) is 0 Å². The first kappa shape index (κ1) is 37.7. The number of ketones is 1. The van der Waals surface area contributed by atoms with Crippen molar-refractivity contribution in [3.8, 4) is 0 Å². The van der Waals surface area contributed by atoms with E-state index in [4.69, 9.17) is 0 Å². The number of Topliss-reactive ketones (excluding diaryl/α,β-unsaturated/α-hetero) is 1. The number of carbonyl (C=O) groups excluding carboxylic acids is 1. The summed E-state index contributed by atoms with van der Waals surface area (Å²) in [6.45, 7) is 4.55. The van der Waals surface area contributed by atoms with Gasteiger partial charge in [0.05, 0.1) is 0 Å². The minimum absolute atomic E-state index is 0.00140. The number of hydrogen-bond donors (Lipinski definition) is 1. The Labute approximate surface area is 258 Å². The standard InChI is InChI=1S/C36H66O3.Sn/c1-3-5-7-9-11-13-15-17-19-21-23-25-27-29-31-33-35(37)34(36(38)39)32-30-28-26-24-22-20-18-16-14-12-10-8-6-4-2;/h34H,3-30,32H2,1-2H3,(H,38,39);. The van der Waals surface area contributed by atoms with Gasteiger partial charge < -0.3 is 0 Å². The average molecular weight is 666 g/mol. The van der Waals surface area contributed by atoms with Crippen molar-refractivity contribution < 1.29 is 14.7 Å². The fourth-order valence-corrected chi connectivity index (χ4v) is 9.02. The molecule has 0 amide bonds. The van der Waals surface area contributed by atoms with Gasteiger partial charge in [-0.1, -0.05) is 71.6 Å². The second kappa shape index (κ2) is 27.5. The molecule has 1 rings (SSSR count). The molecular weight excluding hydrogens is 599 g/mol. The molecule has 0 spiro atoms. The van der Waals surface area contributed by atoms with Gasteiger partial charge in [-0.25, -0.2) is 0 Å². The number of carbonyl (C=O) groups is 2. The van der Waals surface area contributed by atoms with E-state index in [0.29, 0.717) is 6.42 Å². The van der Waals surface area contributed by atoms with Gasteiger partial charge in [-0.3, -0.25) is 0 Å². The molecule has 232 valence electrons. The van der Waals surface area contributed by atoms with Crippen molar-refractivity contribution in [2.24, 2.45) is 5.92 Å². The van der Waals surface area contributed by atoms with E-state index in [2.05, 4.69) is 13.8 Å². The van der Waals surface area contributed by atoms with E-state index in [1.165, 1.54) is 164 Å². The van der Waals surface area contributed by atoms with Gasteiger partial charge in [0.1, 0.15) is 0 Å². The second-order valence-corrected chi connectivity index (χ2v) is 16.5. The van der Waals surface area contributed by atoms with Crippen LogP contribution < -0.4 is 0 Å². The first-order chi connectivity index (χ1) is 19.6. The molecule has 1 aliphatic heterocycles. The van der Waals surface area contributed by atoms with Crippen molar-refractivity contribution in [2.45, 2.75) is 200 Å². The van der Waals surface area contributed by atoms with Gasteiger partial charge in [0.25, 0.3) is 0 Å². The van der Waals surface area contributed by atoms with Crippen molar-refractivity contribution in [1.82, 2.24) is 0 Å². The van der Waals surface area contributed by atoms with Gasteiger partial charge in [-0.05, 0) is 0 Å². The van der Waals surface area contributed by atoms with E-state index in [9.17, 15) is 14.7 Å². The molecule has 1 N–H and O–H groups in total. The monoisotopic (exact) mass is 666 g/mol. The van der Waals surface area contributed by atoms with Crippen molar-refractivity contribution in [1.29, 1.82) is 0 Å². The molecule has 40 heavy (non-hydrogen) atoms. The van der Waals surface area contributed by atoms with E-state index < -0.39 is 32.1 Å². The summed E-state index contributed by atoms with van der Waals surface area (Å²) < 4.78 is 2.45. The van der Waals surface area contributed by atoms with Crippen LogP contribution in [0.1, 0.15) is 200 Å². The SMILES string of the molecule is CCCCCCCCCCCCCCCCC(C(=O)O)C(=O)[C]1=[Sn]=[C]1CCCCCCCCCCCCCCC. The van der Waals surface area contributed by atoms with Crippen molar-refractivity contribution in [2.75, 3.05) is 0 Å². The second-order valence-electron chi connectivity index (χ2n) is 12.6. The van der Waals surface area contributed by atoms with Gasteiger partial charge in [0, 0.05) is 0 Å². The van der Waals surface area contributed by atoms with Crippen LogP contribution in [0.5, 0.6) is 0 Å². The molecule has 0 bridgehead atoms. The number of aliphatic carboxylic acids is 1. The third-order valence-electron chi connectivity index (χ3n) is 8.75. The normalized spacial score (nSPS) is 13.2. The smallest absolute Gasteiger partial charge is 0.0654 e. The molecule has 1 heterocycles. The van der Waals surface area contributed by atoms with Gasteiger partial charge in [0.2, 0.25) is 0 Å². The topological polar surface area (TPSA) is 54.4 Å². The summed E-state index contributed by atoms with van der Waals surface area (Å²) in [6, 6.07) is 0.